The van der Waals surface area contributed by atoms with Crippen LogP contribution in [0.1, 0.15) is 49.0 Å². The molecule has 0 radical (unpaired) electrons. The number of carbonyl (C=O) groups is 1. The van der Waals surface area contributed by atoms with E-state index in [-0.39, 0.29) is 22.1 Å². The number of sulfonamides is 1. The van der Waals surface area contributed by atoms with Crippen LogP contribution in [0.4, 0.5) is 4.39 Å². The average Bonchev–Trinajstić information content (AvgIpc) is 2.38. The van der Waals surface area contributed by atoms with Gasteiger partial charge in [-0.1, -0.05) is 19.8 Å². The molecule has 0 aliphatic carbocycles. The van der Waals surface area contributed by atoms with Crippen molar-refractivity contribution in [1.82, 2.24) is 4.72 Å². The summed E-state index contributed by atoms with van der Waals surface area (Å²) in [6.45, 7) is 5.03. The highest BCUT2D eigenvalue weighted by molar-refractivity contribution is 7.89. The quantitative estimate of drug-likeness (QED) is 0.810. The first-order valence-corrected chi connectivity index (χ1v) is 8.23. The smallest absolute Gasteiger partial charge is 0.335 e. The summed E-state index contributed by atoms with van der Waals surface area (Å²) >= 11 is 0. The monoisotopic (exact) mass is 317 g/mol. The van der Waals surface area contributed by atoms with Crippen LogP contribution in [-0.2, 0) is 10.0 Å². The van der Waals surface area contributed by atoms with Crippen LogP contribution in [-0.4, -0.2) is 25.5 Å². The predicted octanol–water partition coefficient (Wildman–Crippen LogP) is 2.69. The van der Waals surface area contributed by atoms with Crippen LogP contribution in [0, 0.1) is 12.7 Å². The normalized spacial score (nSPS) is 13.1. The first-order valence-electron chi connectivity index (χ1n) is 6.74. The molecule has 7 heteroatoms. The van der Waals surface area contributed by atoms with E-state index in [0.29, 0.717) is 6.42 Å². The minimum Gasteiger partial charge on any atom is -0.478 e. The van der Waals surface area contributed by atoms with E-state index in [0.717, 1.165) is 25.0 Å². The Morgan fingerprint density at radius 3 is 2.57 bits per heavy atom. The summed E-state index contributed by atoms with van der Waals surface area (Å²) in [6, 6.07) is 1.50. The predicted molar refractivity (Wildman–Crippen MR) is 77.4 cm³/mol. The van der Waals surface area contributed by atoms with E-state index in [1.807, 2.05) is 6.92 Å². The molecule has 1 aromatic rings. The third-order valence-corrected chi connectivity index (χ3v) is 4.90. The van der Waals surface area contributed by atoms with Crippen LogP contribution in [0.3, 0.4) is 0 Å². The SMILES string of the molecule is CCCCC(C)NS(=O)(=O)c1cc(C(=O)O)cc(F)c1C. The Balaban J connectivity index is 3.16. The maximum absolute atomic E-state index is 13.7. The lowest BCUT2D eigenvalue weighted by Crippen LogP contribution is -2.33. The van der Waals surface area contributed by atoms with Gasteiger partial charge in [-0.3, -0.25) is 0 Å². The van der Waals surface area contributed by atoms with Gasteiger partial charge in [0.05, 0.1) is 10.5 Å². The Kier molecular flexibility index (Phi) is 5.86. The maximum Gasteiger partial charge on any atom is 0.335 e. The molecule has 0 aliphatic rings. The van der Waals surface area contributed by atoms with Gasteiger partial charge in [0.1, 0.15) is 5.82 Å². The number of nitrogens with one attached hydrogen (secondary N) is 1. The lowest BCUT2D eigenvalue weighted by molar-refractivity contribution is 0.0696. The van der Waals surface area contributed by atoms with Gasteiger partial charge in [0, 0.05) is 11.6 Å². The van der Waals surface area contributed by atoms with Gasteiger partial charge in [-0.05, 0) is 32.4 Å². The van der Waals surface area contributed by atoms with Gasteiger partial charge in [0.25, 0.3) is 0 Å². The second-order valence-electron chi connectivity index (χ2n) is 5.05. The summed E-state index contributed by atoms with van der Waals surface area (Å²) < 4.78 is 40.7. The molecule has 1 rings (SSSR count). The Morgan fingerprint density at radius 1 is 1.43 bits per heavy atom. The molecular weight excluding hydrogens is 297 g/mol. The van der Waals surface area contributed by atoms with E-state index in [9.17, 15) is 17.6 Å². The van der Waals surface area contributed by atoms with Gasteiger partial charge in [-0.25, -0.2) is 22.3 Å². The second kappa shape index (κ2) is 7.00. The number of aromatic carboxylic acids is 1. The summed E-state index contributed by atoms with van der Waals surface area (Å²) in [4.78, 5) is 10.6. The Bertz CT molecular complexity index is 628. The zero-order valence-corrected chi connectivity index (χ0v) is 13.1. The minimum atomic E-state index is -3.95. The number of benzene rings is 1. The van der Waals surface area contributed by atoms with Crippen molar-refractivity contribution in [2.45, 2.75) is 51.0 Å². The Hall–Kier alpha value is -1.47. The summed E-state index contributed by atoms with van der Waals surface area (Å²) in [5.74, 6) is -2.22. The number of hydrogen-bond acceptors (Lipinski definition) is 3. The minimum absolute atomic E-state index is 0.0878. The standard InChI is InChI=1S/C14H20FNO4S/c1-4-5-6-9(2)16-21(19,20)13-8-11(14(17)18)7-12(15)10(13)3/h7-9,16H,4-6H2,1-3H3,(H,17,18). The van der Waals surface area contributed by atoms with Crippen molar-refractivity contribution in [1.29, 1.82) is 0 Å². The van der Waals surface area contributed by atoms with Crippen molar-refractivity contribution in [2.24, 2.45) is 0 Å². The molecule has 0 saturated carbocycles. The lowest BCUT2D eigenvalue weighted by atomic mass is 10.1. The van der Waals surface area contributed by atoms with Crippen LogP contribution >= 0.6 is 0 Å². The first-order chi connectivity index (χ1) is 9.69. The largest absolute Gasteiger partial charge is 0.478 e. The number of halogens is 1. The van der Waals surface area contributed by atoms with E-state index in [4.69, 9.17) is 5.11 Å². The lowest BCUT2D eigenvalue weighted by Gasteiger charge is -2.16. The highest BCUT2D eigenvalue weighted by atomic mass is 32.2. The molecule has 1 unspecified atom stereocenters. The van der Waals surface area contributed by atoms with Crippen molar-refractivity contribution < 1.29 is 22.7 Å². The number of carboxylic acid groups (broad SMARTS) is 1. The maximum atomic E-state index is 13.7. The molecule has 21 heavy (non-hydrogen) atoms. The van der Waals surface area contributed by atoms with Crippen molar-refractivity contribution in [3.05, 3.63) is 29.1 Å². The molecule has 0 aliphatic heterocycles. The molecule has 0 saturated heterocycles. The molecule has 5 nitrogen and oxygen atoms in total. The van der Waals surface area contributed by atoms with Gasteiger partial charge in [0.15, 0.2) is 0 Å². The van der Waals surface area contributed by atoms with Crippen LogP contribution < -0.4 is 4.72 Å². The third kappa shape index (κ3) is 4.50. The highest BCUT2D eigenvalue weighted by Crippen LogP contribution is 2.21. The van der Waals surface area contributed by atoms with Crippen LogP contribution in [0.15, 0.2) is 17.0 Å². The zero-order valence-electron chi connectivity index (χ0n) is 12.3. The van der Waals surface area contributed by atoms with Gasteiger partial charge in [-0.15, -0.1) is 0 Å². The Morgan fingerprint density at radius 2 is 2.05 bits per heavy atom. The molecule has 1 aromatic carbocycles. The summed E-state index contributed by atoms with van der Waals surface area (Å²) in [7, 11) is -3.95. The molecule has 0 aromatic heterocycles. The molecule has 1 atom stereocenters. The fourth-order valence-electron chi connectivity index (χ4n) is 1.95. The van der Waals surface area contributed by atoms with Gasteiger partial charge >= 0.3 is 5.97 Å². The molecule has 0 heterocycles. The van der Waals surface area contributed by atoms with Crippen molar-refractivity contribution in [3.8, 4) is 0 Å². The summed E-state index contributed by atoms with van der Waals surface area (Å²) in [6.07, 6.45) is 2.47. The molecule has 118 valence electrons. The average molecular weight is 317 g/mol. The van der Waals surface area contributed by atoms with Crippen LogP contribution in [0.5, 0.6) is 0 Å². The fraction of sp³-hybridized carbons (Fsp3) is 0.500. The second-order valence-corrected chi connectivity index (χ2v) is 6.73. The Labute approximate surface area is 124 Å². The topological polar surface area (TPSA) is 83.5 Å². The van der Waals surface area contributed by atoms with Crippen LogP contribution in [0.25, 0.3) is 0 Å². The van der Waals surface area contributed by atoms with Crippen molar-refractivity contribution in [3.63, 3.8) is 0 Å². The molecule has 0 amide bonds. The van der Waals surface area contributed by atoms with E-state index in [1.54, 1.807) is 6.92 Å². The van der Waals surface area contributed by atoms with Crippen molar-refractivity contribution >= 4 is 16.0 Å². The van der Waals surface area contributed by atoms with Gasteiger partial charge in [-0.2, -0.15) is 0 Å². The summed E-state index contributed by atoms with van der Waals surface area (Å²) in [5, 5.41) is 8.91. The van der Waals surface area contributed by atoms with Crippen molar-refractivity contribution in [2.75, 3.05) is 0 Å². The van der Waals surface area contributed by atoms with Gasteiger partial charge < -0.3 is 5.11 Å². The molecule has 2 N–H and O–H groups in total. The molecule has 0 fully saturated rings. The number of carboxylic acids is 1. The third-order valence-electron chi connectivity index (χ3n) is 3.18. The molecule has 0 spiro atoms. The first kappa shape index (κ1) is 17.6. The highest BCUT2D eigenvalue weighted by Gasteiger charge is 2.23. The molecule has 0 bridgehead atoms. The van der Waals surface area contributed by atoms with E-state index >= 15 is 0 Å². The zero-order chi connectivity index (χ0) is 16.2. The van der Waals surface area contributed by atoms with E-state index in [2.05, 4.69) is 4.72 Å². The number of rotatable bonds is 7. The summed E-state index contributed by atoms with van der Waals surface area (Å²) in [5.41, 5.74) is -0.477. The number of hydrogen-bond donors (Lipinski definition) is 2. The van der Waals surface area contributed by atoms with E-state index < -0.39 is 21.8 Å². The molecular formula is C14H20FNO4S. The van der Waals surface area contributed by atoms with Gasteiger partial charge in [0.2, 0.25) is 10.0 Å². The van der Waals surface area contributed by atoms with E-state index in [1.165, 1.54) is 6.92 Å². The van der Waals surface area contributed by atoms with Crippen LogP contribution in [0.2, 0.25) is 0 Å². The number of unbranched alkanes of at least 4 members (excludes halogenated alkanes) is 1. The fourth-order valence-corrected chi connectivity index (χ4v) is 3.51.